The Morgan fingerprint density at radius 2 is 2.08 bits per heavy atom. The summed E-state index contributed by atoms with van der Waals surface area (Å²) in [5, 5.41) is 2.61. The average Bonchev–Trinajstić information content (AvgIpc) is 2.15. The minimum atomic E-state index is -0.472. The van der Waals surface area contributed by atoms with Crippen LogP contribution in [0.15, 0.2) is 30.3 Å². The molecule has 69 valence electrons. The number of amides is 1. The van der Waals surface area contributed by atoms with E-state index in [1.807, 2.05) is 30.3 Å². The van der Waals surface area contributed by atoms with Crippen molar-refractivity contribution in [3.8, 4) is 0 Å². The molecule has 0 saturated heterocycles. The highest BCUT2D eigenvalue weighted by Crippen LogP contribution is 1.98. The Morgan fingerprint density at radius 1 is 1.46 bits per heavy atom. The van der Waals surface area contributed by atoms with Gasteiger partial charge in [0.1, 0.15) is 0 Å². The first-order valence-corrected chi connectivity index (χ1v) is 4.14. The predicted octanol–water partition coefficient (Wildman–Crippen LogP) is 0.660. The summed E-state index contributed by atoms with van der Waals surface area (Å²) in [5.74, 6) is -0.177. The number of hydrogen-bond donors (Lipinski definition) is 2. The minimum absolute atomic E-state index is 0.177. The van der Waals surface area contributed by atoms with E-state index in [1.54, 1.807) is 13.5 Å². The van der Waals surface area contributed by atoms with E-state index >= 15 is 0 Å². The van der Waals surface area contributed by atoms with Gasteiger partial charge in [-0.2, -0.15) is 0 Å². The van der Waals surface area contributed by atoms with Crippen LogP contribution in [0.2, 0.25) is 0 Å². The lowest BCUT2D eigenvalue weighted by Crippen LogP contribution is -2.36. The summed E-state index contributed by atoms with van der Waals surface area (Å²) >= 11 is 0. The van der Waals surface area contributed by atoms with Crippen LogP contribution in [-0.4, -0.2) is 11.9 Å². The molecule has 1 amide bonds. The standard InChI is InChI=1S/C10H13N2O/c1-8(11)10(13)12-7-9-5-3-2-4-6-9/h2-8H,11H2,1H3,(H,12,13). The quantitative estimate of drug-likeness (QED) is 0.712. The summed E-state index contributed by atoms with van der Waals surface area (Å²) in [6.07, 6.45) is 0. The van der Waals surface area contributed by atoms with Gasteiger partial charge in [0.2, 0.25) is 5.91 Å². The molecule has 1 radical (unpaired) electrons. The van der Waals surface area contributed by atoms with E-state index in [-0.39, 0.29) is 5.91 Å². The molecule has 0 saturated carbocycles. The molecule has 13 heavy (non-hydrogen) atoms. The average molecular weight is 177 g/mol. The van der Waals surface area contributed by atoms with Crippen molar-refractivity contribution >= 4 is 5.91 Å². The second-order valence-electron chi connectivity index (χ2n) is 2.85. The summed E-state index contributed by atoms with van der Waals surface area (Å²) in [7, 11) is 0. The minimum Gasteiger partial charge on any atom is -0.346 e. The van der Waals surface area contributed by atoms with Gasteiger partial charge in [0.25, 0.3) is 0 Å². The van der Waals surface area contributed by atoms with Gasteiger partial charge in [-0.1, -0.05) is 30.3 Å². The van der Waals surface area contributed by atoms with Gasteiger partial charge >= 0.3 is 0 Å². The third-order valence-electron chi connectivity index (χ3n) is 1.59. The van der Waals surface area contributed by atoms with Crippen molar-refractivity contribution in [1.29, 1.82) is 0 Å². The fraction of sp³-hybridized carbons (Fsp3) is 0.200. The normalized spacial score (nSPS) is 12.2. The first-order valence-electron chi connectivity index (χ1n) is 4.14. The molecule has 1 rings (SSSR count). The van der Waals surface area contributed by atoms with E-state index < -0.39 is 6.04 Å². The molecule has 3 heteroatoms. The molecule has 1 unspecified atom stereocenters. The Morgan fingerprint density at radius 3 is 2.62 bits per heavy atom. The molecule has 0 aliphatic carbocycles. The molecule has 0 aliphatic rings. The number of rotatable bonds is 3. The van der Waals surface area contributed by atoms with Crippen LogP contribution >= 0.6 is 0 Å². The van der Waals surface area contributed by atoms with E-state index in [4.69, 9.17) is 5.73 Å². The Labute approximate surface area is 77.9 Å². The number of nitrogens with one attached hydrogen (secondary N) is 1. The fourth-order valence-electron chi connectivity index (χ4n) is 0.835. The van der Waals surface area contributed by atoms with E-state index in [0.29, 0.717) is 0 Å². The first kappa shape index (κ1) is 9.74. The van der Waals surface area contributed by atoms with Gasteiger partial charge < -0.3 is 11.1 Å². The molecular formula is C10H13N2O. The lowest BCUT2D eigenvalue weighted by atomic mass is 10.2. The summed E-state index contributed by atoms with van der Waals surface area (Å²) in [5.41, 5.74) is 6.32. The highest BCUT2D eigenvalue weighted by molar-refractivity contribution is 5.81. The molecule has 3 N–H and O–H groups in total. The summed E-state index contributed by atoms with van der Waals surface area (Å²) in [4.78, 5) is 11.0. The van der Waals surface area contributed by atoms with Gasteiger partial charge in [0.15, 0.2) is 0 Å². The number of nitrogens with two attached hydrogens (primary N) is 1. The Hall–Kier alpha value is -1.35. The van der Waals surface area contributed by atoms with Crippen molar-refractivity contribution in [2.45, 2.75) is 13.0 Å². The topological polar surface area (TPSA) is 55.1 Å². The summed E-state index contributed by atoms with van der Waals surface area (Å²) in [6.45, 7) is 3.29. The first-order chi connectivity index (χ1) is 6.20. The lowest BCUT2D eigenvalue weighted by Gasteiger charge is -2.06. The van der Waals surface area contributed by atoms with Crippen molar-refractivity contribution < 1.29 is 4.79 Å². The van der Waals surface area contributed by atoms with Gasteiger partial charge in [0, 0.05) is 0 Å². The van der Waals surface area contributed by atoms with E-state index in [9.17, 15) is 4.79 Å². The van der Waals surface area contributed by atoms with Crippen molar-refractivity contribution in [2.75, 3.05) is 0 Å². The van der Waals surface area contributed by atoms with E-state index in [2.05, 4.69) is 5.32 Å². The zero-order chi connectivity index (χ0) is 9.68. The lowest BCUT2D eigenvalue weighted by molar-refractivity contribution is -0.121. The van der Waals surface area contributed by atoms with Crippen molar-refractivity contribution in [2.24, 2.45) is 5.73 Å². The molecule has 1 aromatic carbocycles. The van der Waals surface area contributed by atoms with E-state index in [1.165, 1.54) is 0 Å². The van der Waals surface area contributed by atoms with Gasteiger partial charge in [-0.15, -0.1) is 0 Å². The van der Waals surface area contributed by atoms with Crippen molar-refractivity contribution in [3.63, 3.8) is 0 Å². The van der Waals surface area contributed by atoms with Crippen LogP contribution in [0.3, 0.4) is 0 Å². The van der Waals surface area contributed by atoms with Gasteiger partial charge in [-0.25, -0.2) is 0 Å². The molecule has 1 atom stereocenters. The number of hydrogen-bond acceptors (Lipinski definition) is 2. The molecule has 0 fully saturated rings. The molecule has 0 heterocycles. The third kappa shape index (κ3) is 3.25. The Kier molecular flexibility index (Phi) is 3.46. The molecule has 0 spiro atoms. The number of benzene rings is 1. The smallest absolute Gasteiger partial charge is 0.237 e. The third-order valence-corrected chi connectivity index (χ3v) is 1.59. The van der Waals surface area contributed by atoms with Gasteiger partial charge in [-0.05, 0) is 12.5 Å². The maximum atomic E-state index is 11.0. The summed E-state index contributed by atoms with van der Waals surface area (Å²) < 4.78 is 0. The molecule has 0 aliphatic heterocycles. The maximum absolute atomic E-state index is 11.0. The predicted molar refractivity (Wildman–Crippen MR) is 51.6 cm³/mol. The van der Waals surface area contributed by atoms with Crippen molar-refractivity contribution in [3.05, 3.63) is 42.4 Å². The van der Waals surface area contributed by atoms with Crippen LogP contribution in [0.1, 0.15) is 12.5 Å². The van der Waals surface area contributed by atoms with Crippen LogP contribution in [-0.2, 0) is 4.79 Å². The maximum Gasteiger partial charge on any atom is 0.237 e. The van der Waals surface area contributed by atoms with E-state index in [0.717, 1.165) is 5.56 Å². The SMILES string of the molecule is CC(N)C(=O)N[CH]c1ccccc1. The zero-order valence-corrected chi connectivity index (χ0v) is 7.53. The van der Waals surface area contributed by atoms with Crippen LogP contribution in [0, 0.1) is 6.54 Å². The number of carbonyl (C=O) groups is 1. The fourth-order valence-corrected chi connectivity index (χ4v) is 0.835. The molecule has 0 aromatic heterocycles. The zero-order valence-electron chi connectivity index (χ0n) is 7.53. The second kappa shape index (κ2) is 4.62. The largest absolute Gasteiger partial charge is 0.346 e. The van der Waals surface area contributed by atoms with Crippen LogP contribution in [0.4, 0.5) is 0 Å². The Balaban J connectivity index is 2.40. The van der Waals surface area contributed by atoms with Crippen LogP contribution in [0.5, 0.6) is 0 Å². The van der Waals surface area contributed by atoms with Crippen LogP contribution < -0.4 is 11.1 Å². The number of carbonyl (C=O) groups excluding carboxylic acids is 1. The highest BCUT2D eigenvalue weighted by atomic mass is 16.2. The monoisotopic (exact) mass is 177 g/mol. The second-order valence-corrected chi connectivity index (χ2v) is 2.85. The van der Waals surface area contributed by atoms with Gasteiger partial charge in [-0.3, -0.25) is 4.79 Å². The molecule has 0 bridgehead atoms. The molecular weight excluding hydrogens is 164 g/mol. The van der Waals surface area contributed by atoms with Crippen LogP contribution in [0.25, 0.3) is 0 Å². The van der Waals surface area contributed by atoms with Gasteiger partial charge in [0.05, 0.1) is 12.6 Å². The molecule has 1 aromatic rings. The highest BCUT2D eigenvalue weighted by Gasteiger charge is 2.05. The Bertz CT molecular complexity index is 270. The summed E-state index contributed by atoms with van der Waals surface area (Å²) in [6, 6.07) is 9.07. The van der Waals surface area contributed by atoms with Crippen molar-refractivity contribution in [1.82, 2.24) is 5.32 Å². The molecule has 3 nitrogen and oxygen atoms in total.